The summed E-state index contributed by atoms with van der Waals surface area (Å²) in [6, 6.07) is 20.3. The maximum Gasteiger partial charge on any atom is 0.252 e. The van der Waals surface area contributed by atoms with Crippen molar-refractivity contribution in [3.63, 3.8) is 0 Å². The zero-order valence-corrected chi connectivity index (χ0v) is 31.0. The normalized spacial score (nSPS) is 17.9. The first kappa shape index (κ1) is 38.7. The summed E-state index contributed by atoms with van der Waals surface area (Å²) in [4.78, 5) is 43.4. The molecule has 0 bridgehead atoms. The molecular weight excluding hydrogens is 701 g/mol. The van der Waals surface area contributed by atoms with Crippen LogP contribution in [0.5, 0.6) is 0 Å². The molecule has 52 heavy (non-hydrogen) atoms. The molecule has 3 aromatic rings. The van der Waals surface area contributed by atoms with Crippen molar-refractivity contribution in [3.8, 4) is 0 Å². The summed E-state index contributed by atoms with van der Waals surface area (Å²) in [6.07, 6.45) is 6.98. The Hall–Kier alpha value is -4.53. The lowest BCUT2D eigenvalue weighted by molar-refractivity contribution is -0.128. The Morgan fingerprint density at radius 1 is 1.04 bits per heavy atom. The molecule has 5 N–H and O–H groups in total. The fourth-order valence-corrected chi connectivity index (χ4v) is 7.32. The minimum atomic E-state index is -2.58. The van der Waals surface area contributed by atoms with Gasteiger partial charge in [-0.2, -0.15) is 8.42 Å². The number of allylic oxidation sites excluding steroid dienone is 2. The second-order valence-corrected chi connectivity index (χ2v) is 15.3. The summed E-state index contributed by atoms with van der Waals surface area (Å²) in [5.41, 5.74) is 3.59. The van der Waals surface area contributed by atoms with Crippen LogP contribution in [0.4, 0.5) is 5.69 Å². The summed E-state index contributed by atoms with van der Waals surface area (Å²) < 4.78 is 24.4. The summed E-state index contributed by atoms with van der Waals surface area (Å²) in [7, 11) is -2.58. The first-order valence-electron chi connectivity index (χ1n) is 17.0. The average molecular weight is 745 g/mol. The van der Waals surface area contributed by atoms with Crippen LogP contribution in [0.25, 0.3) is 5.57 Å². The minimum absolute atomic E-state index is 0.0391. The van der Waals surface area contributed by atoms with Crippen LogP contribution in [0.2, 0.25) is 0 Å². The number of hydrogen-bond acceptors (Lipinski definition) is 9. The molecule has 274 valence electrons. The van der Waals surface area contributed by atoms with Crippen LogP contribution < -0.4 is 20.9 Å². The topological polar surface area (TPSA) is 165 Å². The maximum atomic E-state index is 14.2. The van der Waals surface area contributed by atoms with Crippen molar-refractivity contribution in [1.82, 2.24) is 16.0 Å². The highest BCUT2D eigenvalue weighted by atomic mass is 32.2. The summed E-state index contributed by atoms with van der Waals surface area (Å²) in [5.74, 6) is -0.958. The predicted molar refractivity (Wildman–Crippen MR) is 205 cm³/mol. The number of nitrogens with one attached hydrogen (secondary N) is 3. The molecule has 1 aliphatic heterocycles. The number of carbonyl (C=O) groups excluding carboxylic acids is 3. The van der Waals surface area contributed by atoms with E-state index in [1.165, 1.54) is 6.08 Å². The fraction of sp³-hybridized carbons (Fsp3) is 0.333. The first-order chi connectivity index (χ1) is 24.9. The van der Waals surface area contributed by atoms with E-state index in [9.17, 15) is 27.9 Å². The number of benzene rings is 3. The Labute approximate surface area is 309 Å². The molecule has 1 unspecified atom stereocenters. The van der Waals surface area contributed by atoms with Crippen LogP contribution in [-0.4, -0.2) is 84.4 Å². The van der Waals surface area contributed by atoms with Crippen LogP contribution in [0.15, 0.2) is 95.9 Å². The molecule has 3 atom stereocenters. The van der Waals surface area contributed by atoms with E-state index in [-0.39, 0.29) is 36.2 Å². The van der Waals surface area contributed by atoms with Gasteiger partial charge in [-0.3, -0.25) is 14.4 Å². The number of carbonyl (C=O) groups is 3. The van der Waals surface area contributed by atoms with Crippen LogP contribution in [-0.2, 0) is 32.8 Å². The molecule has 0 radical (unpaired) electrons. The minimum Gasteiger partial charge on any atom is -0.394 e. The van der Waals surface area contributed by atoms with Gasteiger partial charge in [-0.15, -0.1) is 11.8 Å². The highest BCUT2D eigenvalue weighted by Crippen LogP contribution is 2.33. The zero-order valence-electron chi connectivity index (χ0n) is 29.3. The smallest absolute Gasteiger partial charge is 0.252 e. The monoisotopic (exact) mass is 744 g/mol. The van der Waals surface area contributed by atoms with Gasteiger partial charge >= 0.3 is 0 Å². The van der Waals surface area contributed by atoms with Gasteiger partial charge in [0.05, 0.1) is 30.2 Å². The SMILES string of the molecule is CSc1ccc2c(c1)CC[C@@H](NC(=O)CC(C)(C)NC[C@H](O)CO)C(=O)N2Cc1ccc(C2=CC=CC(=S(=O)=O)C2NC(=O)c2ccccc2)cc1. The Morgan fingerprint density at radius 2 is 1.77 bits per heavy atom. The fourth-order valence-electron chi connectivity index (χ4n) is 6.29. The molecule has 11 nitrogen and oxygen atoms in total. The Kier molecular flexibility index (Phi) is 12.9. The highest BCUT2D eigenvalue weighted by Gasteiger charge is 2.33. The number of amides is 3. The number of thioether (sulfide) groups is 1. The largest absolute Gasteiger partial charge is 0.394 e. The standard InChI is InChI=1S/C39H44N4O7S2/c1-39(2,40-22-29(45)24-44)21-35(46)41-32-18-16-28-20-30(51-3)17-19-33(28)43(38(32)48)23-25-12-14-26(15-13-25)31-10-7-11-34(52(49)50)36(31)42-37(47)27-8-5-4-6-9-27/h4-15,17,19-20,29,32,36,40,44-45H,16,18,21-24H2,1-3H3,(H,41,46)(H,42,47)/t29-,32+,36?/m0/s1. The van der Waals surface area contributed by atoms with Crippen LogP contribution in [0.3, 0.4) is 0 Å². The van der Waals surface area contributed by atoms with E-state index < -0.39 is 46.5 Å². The van der Waals surface area contributed by atoms with Crippen LogP contribution in [0.1, 0.15) is 53.7 Å². The molecule has 0 fully saturated rings. The number of rotatable bonds is 13. The van der Waals surface area contributed by atoms with Gasteiger partial charge < -0.3 is 31.1 Å². The molecule has 0 saturated heterocycles. The van der Waals surface area contributed by atoms with E-state index in [1.54, 1.807) is 59.1 Å². The second kappa shape index (κ2) is 17.3. The number of hydrogen-bond donors (Lipinski definition) is 5. The second-order valence-electron chi connectivity index (χ2n) is 13.4. The van der Waals surface area contributed by atoms with Gasteiger partial charge in [0.1, 0.15) is 6.04 Å². The lowest BCUT2D eigenvalue weighted by atomic mass is 9.91. The number of aliphatic hydroxyl groups excluding tert-OH is 2. The molecule has 3 aromatic carbocycles. The van der Waals surface area contributed by atoms with Gasteiger partial charge in [0.2, 0.25) is 22.1 Å². The quantitative estimate of drug-likeness (QED) is 0.131. The highest BCUT2D eigenvalue weighted by molar-refractivity contribution is 7.98. The third kappa shape index (κ3) is 9.66. The lowest BCUT2D eigenvalue weighted by Gasteiger charge is -2.29. The summed E-state index contributed by atoms with van der Waals surface area (Å²) in [5, 5.41) is 27.8. The Bertz CT molecular complexity index is 1990. The molecule has 5 rings (SSSR count). The van der Waals surface area contributed by atoms with Crippen molar-refractivity contribution < 1.29 is 33.0 Å². The maximum absolute atomic E-state index is 14.2. The first-order valence-corrected chi connectivity index (χ1v) is 19.3. The number of β-amino-alcohol motifs (C(OH)–C–C–N with tert-alkyl or cyclic N) is 1. The molecular formula is C39H44N4O7S2. The van der Waals surface area contributed by atoms with Crippen LogP contribution in [0, 0.1) is 0 Å². The van der Waals surface area contributed by atoms with E-state index in [0.29, 0.717) is 29.5 Å². The van der Waals surface area contributed by atoms with E-state index in [1.807, 2.05) is 56.5 Å². The van der Waals surface area contributed by atoms with Gasteiger partial charge in [0, 0.05) is 34.7 Å². The van der Waals surface area contributed by atoms with Gasteiger partial charge in [-0.05, 0) is 91.6 Å². The van der Waals surface area contributed by atoms with Crippen molar-refractivity contribution in [2.75, 3.05) is 24.3 Å². The van der Waals surface area contributed by atoms with E-state index in [0.717, 1.165) is 21.7 Å². The van der Waals surface area contributed by atoms with Gasteiger partial charge in [0.25, 0.3) is 5.91 Å². The van der Waals surface area contributed by atoms with Gasteiger partial charge in [0.15, 0.2) is 0 Å². The summed E-state index contributed by atoms with van der Waals surface area (Å²) >= 11 is 1.61. The molecule has 0 saturated carbocycles. The lowest BCUT2D eigenvalue weighted by Crippen LogP contribution is -2.51. The molecule has 3 amide bonds. The molecule has 13 heteroatoms. The van der Waals surface area contributed by atoms with Crippen molar-refractivity contribution >= 4 is 55.9 Å². The zero-order chi connectivity index (χ0) is 37.4. The Morgan fingerprint density at radius 3 is 2.44 bits per heavy atom. The third-order valence-corrected chi connectivity index (χ3v) is 10.6. The molecule has 2 aliphatic rings. The molecule has 0 spiro atoms. The number of aliphatic hydroxyl groups is 2. The van der Waals surface area contributed by atoms with Crippen molar-refractivity contribution in [2.45, 2.75) is 68.3 Å². The molecule has 1 heterocycles. The number of anilines is 1. The summed E-state index contributed by atoms with van der Waals surface area (Å²) in [6.45, 7) is 3.58. The molecule has 0 aromatic heterocycles. The van der Waals surface area contributed by atoms with E-state index in [2.05, 4.69) is 22.0 Å². The number of aryl methyl sites for hydroxylation is 1. The number of fused-ring (bicyclic) bond motifs is 1. The van der Waals surface area contributed by atoms with Crippen LogP contribution >= 0.6 is 11.8 Å². The van der Waals surface area contributed by atoms with Crippen molar-refractivity contribution in [3.05, 3.63) is 113 Å². The van der Waals surface area contributed by atoms with E-state index >= 15 is 0 Å². The predicted octanol–water partition coefficient (Wildman–Crippen LogP) is 3.29. The van der Waals surface area contributed by atoms with Crippen molar-refractivity contribution in [2.24, 2.45) is 0 Å². The molecule has 1 aliphatic carbocycles. The van der Waals surface area contributed by atoms with Crippen molar-refractivity contribution in [1.29, 1.82) is 0 Å². The Balaban J connectivity index is 1.37. The number of nitrogens with zero attached hydrogens (tertiary/aromatic N) is 1. The average Bonchev–Trinajstić information content (AvgIpc) is 3.26. The third-order valence-electron chi connectivity index (χ3n) is 9.07. The van der Waals surface area contributed by atoms with Gasteiger partial charge in [-0.25, -0.2) is 0 Å². The van der Waals surface area contributed by atoms with E-state index in [4.69, 9.17) is 5.11 Å². The van der Waals surface area contributed by atoms with Gasteiger partial charge in [-0.1, -0.05) is 54.6 Å².